The van der Waals surface area contributed by atoms with Crippen LogP contribution in [0.15, 0.2) is 11.5 Å². The first-order valence-corrected chi connectivity index (χ1v) is 6.69. The molecule has 18 heavy (non-hydrogen) atoms. The van der Waals surface area contributed by atoms with Crippen molar-refractivity contribution >= 4 is 28.5 Å². The van der Waals surface area contributed by atoms with Crippen molar-refractivity contribution in [2.75, 3.05) is 38.3 Å². The molecule has 6 heteroatoms. The smallest absolute Gasteiger partial charge is 0.309 e. The third-order valence-electron chi connectivity index (χ3n) is 2.59. The van der Waals surface area contributed by atoms with Crippen LogP contribution in [0.1, 0.15) is 12.1 Å². The number of carbonyl (C=O) groups is 1. The average molecular weight is 268 g/mol. The molecule has 1 aromatic rings. The van der Waals surface area contributed by atoms with Crippen molar-refractivity contribution < 1.29 is 14.3 Å². The third-order valence-corrected chi connectivity index (χ3v) is 3.51. The van der Waals surface area contributed by atoms with Crippen molar-refractivity contribution in [2.45, 2.75) is 6.42 Å². The zero-order valence-electron chi connectivity index (χ0n) is 10.3. The number of carbonyl (C=O) groups excluding carboxylic acids is 1. The van der Waals surface area contributed by atoms with Crippen LogP contribution in [0, 0.1) is 0 Å². The number of morpholine rings is 1. The number of thiazole rings is 1. The normalized spacial score (nSPS) is 16.2. The summed E-state index contributed by atoms with van der Waals surface area (Å²) in [5.41, 5.74) is 0.880. The number of nitrogens with zero attached hydrogens (tertiary/aromatic N) is 2. The lowest BCUT2D eigenvalue weighted by Gasteiger charge is -2.25. The first kappa shape index (κ1) is 13.0. The SMILES string of the molecule is COC(=O)CC=Cc1csc(N2CCOCC2)n1. The lowest BCUT2D eigenvalue weighted by Crippen LogP contribution is -2.36. The van der Waals surface area contributed by atoms with Crippen LogP contribution >= 0.6 is 11.3 Å². The van der Waals surface area contributed by atoms with E-state index in [1.54, 1.807) is 17.4 Å². The molecule has 98 valence electrons. The molecule has 1 fully saturated rings. The van der Waals surface area contributed by atoms with Gasteiger partial charge in [-0.1, -0.05) is 6.08 Å². The highest BCUT2D eigenvalue weighted by molar-refractivity contribution is 7.13. The largest absolute Gasteiger partial charge is 0.469 e. The van der Waals surface area contributed by atoms with Crippen molar-refractivity contribution in [1.29, 1.82) is 0 Å². The van der Waals surface area contributed by atoms with E-state index in [2.05, 4.69) is 14.6 Å². The molecule has 0 bridgehead atoms. The molecule has 1 saturated heterocycles. The molecular weight excluding hydrogens is 252 g/mol. The Balaban J connectivity index is 1.91. The summed E-state index contributed by atoms with van der Waals surface area (Å²) in [7, 11) is 1.38. The molecule has 0 radical (unpaired) electrons. The van der Waals surface area contributed by atoms with E-state index < -0.39 is 0 Å². The van der Waals surface area contributed by atoms with E-state index in [9.17, 15) is 4.79 Å². The second kappa shape index (κ2) is 6.51. The number of hydrogen-bond donors (Lipinski definition) is 0. The Morgan fingerprint density at radius 3 is 3.11 bits per heavy atom. The second-order valence-corrected chi connectivity index (χ2v) is 4.67. The zero-order valence-corrected chi connectivity index (χ0v) is 11.1. The van der Waals surface area contributed by atoms with Crippen molar-refractivity contribution in [1.82, 2.24) is 4.98 Å². The van der Waals surface area contributed by atoms with E-state index in [1.165, 1.54) is 7.11 Å². The van der Waals surface area contributed by atoms with Gasteiger partial charge in [0.25, 0.3) is 0 Å². The standard InChI is InChI=1S/C12H16N2O3S/c1-16-11(15)4-2-3-10-9-18-12(13-10)14-5-7-17-8-6-14/h2-3,9H,4-8H2,1H3. The predicted molar refractivity (Wildman–Crippen MR) is 70.8 cm³/mol. The van der Waals surface area contributed by atoms with E-state index in [0.717, 1.165) is 37.1 Å². The minimum Gasteiger partial charge on any atom is -0.469 e. The minimum absolute atomic E-state index is 0.241. The summed E-state index contributed by atoms with van der Waals surface area (Å²) in [5.74, 6) is -0.241. The maximum Gasteiger partial charge on any atom is 0.309 e. The first-order valence-electron chi connectivity index (χ1n) is 5.81. The molecule has 0 spiro atoms. The number of rotatable bonds is 4. The predicted octanol–water partition coefficient (Wildman–Crippen LogP) is 1.56. The van der Waals surface area contributed by atoms with Crippen LogP contribution in [-0.2, 0) is 14.3 Å². The van der Waals surface area contributed by atoms with E-state index in [0.29, 0.717) is 0 Å². The Labute approximate surface area is 110 Å². The van der Waals surface area contributed by atoms with Crippen LogP contribution in [0.5, 0.6) is 0 Å². The van der Waals surface area contributed by atoms with Gasteiger partial charge in [0.15, 0.2) is 5.13 Å². The molecule has 1 aromatic heterocycles. The van der Waals surface area contributed by atoms with E-state index in [-0.39, 0.29) is 12.4 Å². The molecule has 0 N–H and O–H groups in total. The lowest BCUT2D eigenvalue weighted by atomic mass is 10.3. The molecule has 0 aliphatic carbocycles. The van der Waals surface area contributed by atoms with Crippen molar-refractivity contribution in [3.8, 4) is 0 Å². The molecule has 2 heterocycles. The number of esters is 1. The summed E-state index contributed by atoms with van der Waals surface area (Å²) in [6, 6.07) is 0. The Hall–Kier alpha value is -1.40. The van der Waals surface area contributed by atoms with Gasteiger partial charge < -0.3 is 14.4 Å². The highest BCUT2D eigenvalue weighted by Crippen LogP contribution is 2.22. The summed E-state index contributed by atoms with van der Waals surface area (Å²) in [6.45, 7) is 3.29. The van der Waals surface area contributed by atoms with E-state index in [1.807, 2.05) is 11.5 Å². The molecule has 0 amide bonds. The Kier molecular flexibility index (Phi) is 4.72. The van der Waals surface area contributed by atoms with E-state index >= 15 is 0 Å². The van der Waals surface area contributed by atoms with Gasteiger partial charge in [-0.25, -0.2) is 4.98 Å². The fourth-order valence-corrected chi connectivity index (χ4v) is 2.46. The summed E-state index contributed by atoms with van der Waals surface area (Å²) in [6.07, 6.45) is 3.89. The second-order valence-electron chi connectivity index (χ2n) is 3.84. The van der Waals surface area contributed by atoms with Gasteiger partial charge in [-0.15, -0.1) is 11.3 Å². The van der Waals surface area contributed by atoms with Crippen molar-refractivity contribution in [2.24, 2.45) is 0 Å². The minimum atomic E-state index is -0.241. The zero-order chi connectivity index (χ0) is 12.8. The van der Waals surface area contributed by atoms with Crippen LogP contribution in [0.4, 0.5) is 5.13 Å². The number of aromatic nitrogens is 1. The molecule has 2 rings (SSSR count). The highest BCUT2D eigenvalue weighted by atomic mass is 32.1. The van der Waals surface area contributed by atoms with E-state index in [4.69, 9.17) is 4.74 Å². The van der Waals surface area contributed by atoms with Crippen molar-refractivity contribution in [3.63, 3.8) is 0 Å². The van der Waals surface area contributed by atoms with Gasteiger partial charge in [-0.3, -0.25) is 4.79 Å². The molecule has 0 atom stereocenters. The molecular formula is C12H16N2O3S. The van der Waals surface area contributed by atoms with Crippen LogP contribution in [0.2, 0.25) is 0 Å². The Morgan fingerprint density at radius 2 is 2.39 bits per heavy atom. The first-order chi connectivity index (χ1) is 8.79. The maximum absolute atomic E-state index is 10.9. The van der Waals surface area contributed by atoms with Crippen molar-refractivity contribution in [3.05, 3.63) is 17.2 Å². The average Bonchev–Trinajstić information content (AvgIpc) is 2.88. The summed E-state index contributed by atoms with van der Waals surface area (Å²) in [4.78, 5) is 17.7. The topological polar surface area (TPSA) is 51.7 Å². The van der Waals surface area contributed by atoms with Crippen LogP contribution < -0.4 is 4.90 Å². The van der Waals surface area contributed by atoms with Gasteiger partial charge in [-0.2, -0.15) is 0 Å². The summed E-state index contributed by atoms with van der Waals surface area (Å²) in [5, 5.41) is 2.99. The van der Waals surface area contributed by atoms with Gasteiger partial charge in [0.2, 0.25) is 0 Å². The molecule has 0 unspecified atom stereocenters. The van der Waals surface area contributed by atoms with Crippen LogP contribution in [-0.4, -0.2) is 44.4 Å². The van der Waals surface area contributed by atoms with Crippen LogP contribution in [0.3, 0.4) is 0 Å². The highest BCUT2D eigenvalue weighted by Gasteiger charge is 2.13. The number of hydrogen-bond acceptors (Lipinski definition) is 6. The lowest BCUT2D eigenvalue weighted by molar-refractivity contribution is -0.139. The maximum atomic E-state index is 10.9. The van der Waals surface area contributed by atoms with Gasteiger partial charge in [0, 0.05) is 18.5 Å². The number of ether oxygens (including phenoxy) is 2. The Morgan fingerprint density at radius 1 is 1.61 bits per heavy atom. The van der Waals surface area contributed by atoms with Crippen LogP contribution in [0.25, 0.3) is 6.08 Å². The fraction of sp³-hybridized carbons (Fsp3) is 0.500. The molecule has 0 aromatic carbocycles. The molecule has 1 aliphatic heterocycles. The molecule has 1 aliphatic rings. The molecule has 0 saturated carbocycles. The van der Waals surface area contributed by atoms with Gasteiger partial charge in [0.05, 0.1) is 32.4 Å². The fourth-order valence-electron chi connectivity index (χ4n) is 1.61. The summed E-state index contributed by atoms with van der Waals surface area (Å²) >= 11 is 1.61. The third kappa shape index (κ3) is 3.54. The number of anilines is 1. The molecule has 5 nitrogen and oxygen atoms in total. The quantitative estimate of drug-likeness (QED) is 0.776. The van der Waals surface area contributed by atoms with Gasteiger partial charge in [0.1, 0.15) is 0 Å². The Bertz CT molecular complexity index is 425. The van der Waals surface area contributed by atoms with Gasteiger partial charge in [-0.05, 0) is 6.08 Å². The number of methoxy groups -OCH3 is 1. The summed E-state index contributed by atoms with van der Waals surface area (Å²) < 4.78 is 9.86. The van der Waals surface area contributed by atoms with Gasteiger partial charge >= 0.3 is 5.97 Å². The monoisotopic (exact) mass is 268 g/mol.